The standard InChI is InChI=1S/C11H18ClN3/c1-8-11(12)10(15(2)14-8)6-9-4-3-5-13-7-9/h9,13H,3-7H2,1-2H3. The predicted octanol–water partition coefficient (Wildman–Crippen LogP) is 1.92. The lowest BCUT2D eigenvalue weighted by atomic mass is 9.94. The van der Waals surface area contributed by atoms with Gasteiger partial charge in [0.15, 0.2) is 0 Å². The quantitative estimate of drug-likeness (QED) is 0.837. The number of piperidine rings is 1. The van der Waals surface area contributed by atoms with Gasteiger partial charge in [-0.3, -0.25) is 4.68 Å². The molecule has 1 atom stereocenters. The zero-order valence-corrected chi connectivity index (χ0v) is 10.1. The van der Waals surface area contributed by atoms with Gasteiger partial charge in [-0.1, -0.05) is 11.6 Å². The molecular weight excluding hydrogens is 210 g/mol. The normalized spacial score (nSPS) is 21.9. The summed E-state index contributed by atoms with van der Waals surface area (Å²) < 4.78 is 1.92. The zero-order valence-electron chi connectivity index (χ0n) is 9.39. The summed E-state index contributed by atoms with van der Waals surface area (Å²) in [5, 5.41) is 8.62. The van der Waals surface area contributed by atoms with Crippen LogP contribution in [0.4, 0.5) is 0 Å². The number of halogens is 1. The fraction of sp³-hybridized carbons (Fsp3) is 0.727. The van der Waals surface area contributed by atoms with Crippen molar-refractivity contribution in [3.63, 3.8) is 0 Å². The summed E-state index contributed by atoms with van der Waals surface area (Å²) in [5.74, 6) is 0.714. The molecule has 1 unspecified atom stereocenters. The fourth-order valence-corrected chi connectivity index (χ4v) is 2.51. The Morgan fingerprint density at radius 2 is 2.40 bits per heavy atom. The molecule has 84 valence electrons. The van der Waals surface area contributed by atoms with E-state index in [4.69, 9.17) is 11.6 Å². The first-order valence-electron chi connectivity index (χ1n) is 5.57. The molecule has 2 heterocycles. The minimum atomic E-state index is 0.714. The molecule has 0 aliphatic carbocycles. The summed E-state index contributed by atoms with van der Waals surface area (Å²) in [6.07, 6.45) is 3.62. The third-order valence-corrected chi connectivity index (χ3v) is 3.63. The van der Waals surface area contributed by atoms with Gasteiger partial charge in [-0.25, -0.2) is 0 Å². The molecule has 1 aliphatic heterocycles. The molecule has 4 heteroatoms. The largest absolute Gasteiger partial charge is 0.316 e. The minimum absolute atomic E-state index is 0.714. The molecule has 1 aliphatic rings. The van der Waals surface area contributed by atoms with Crippen LogP contribution in [-0.4, -0.2) is 22.9 Å². The van der Waals surface area contributed by atoms with E-state index in [1.807, 2.05) is 18.7 Å². The van der Waals surface area contributed by atoms with Crippen molar-refractivity contribution in [2.45, 2.75) is 26.2 Å². The molecule has 3 nitrogen and oxygen atoms in total. The average molecular weight is 228 g/mol. The number of nitrogens with one attached hydrogen (secondary N) is 1. The van der Waals surface area contributed by atoms with Crippen LogP contribution in [0.15, 0.2) is 0 Å². The van der Waals surface area contributed by atoms with Gasteiger partial charge in [0.05, 0.1) is 16.4 Å². The van der Waals surface area contributed by atoms with E-state index in [1.54, 1.807) is 0 Å². The van der Waals surface area contributed by atoms with Crippen LogP contribution in [-0.2, 0) is 13.5 Å². The third-order valence-electron chi connectivity index (χ3n) is 3.14. The molecule has 0 amide bonds. The van der Waals surface area contributed by atoms with Crippen LogP contribution in [0.1, 0.15) is 24.2 Å². The van der Waals surface area contributed by atoms with Crippen molar-refractivity contribution in [1.82, 2.24) is 15.1 Å². The van der Waals surface area contributed by atoms with Crippen molar-refractivity contribution < 1.29 is 0 Å². The van der Waals surface area contributed by atoms with E-state index in [0.29, 0.717) is 5.92 Å². The van der Waals surface area contributed by atoms with Gasteiger partial charge in [-0.2, -0.15) is 5.10 Å². The van der Waals surface area contributed by atoms with Gasteiger partial charge in [0.1, 0.15) is 0 Å². The summed E-state index contributed by atoms with van der Waals surface area (Å²) >= 11 is 6.23. The lowest BCUT2D eigenvalue weighted by Gasteiger charge is -2.22. The smallest absolute Gasteiger partial charge is 0.0847 e. The first kappa shape index (κ1) is 11.0. The Hall–Kier alpha value is -0.540. The first-order valence-corrected chi connectivity index (χ1v) is 5.95. The molecule has 0 spiro atoms. The van der Waals surface area contributed by atoms with E-state index in [2.05, 4.69) is 10.4 Å². The van der Waals surface area contributed by atoms with E-state index in [1.165, 1.54) is 18.5 Å². The van der Waals surface area contributed by atoms with Crippen molar-refractivity contribution in [2.24, 2.45) is 13.0 Å². The highest BCUT2D eigenvalue weighted by Gasteiger charge is 2.18. The number of rotatable bonds is 2. The van der Waals surface area contributed by atoms with Crippen LogP contribution >= 0.6 is 11.6 Å². The highest BCUT2D eigenvalue weighted by Crippen LogP contribution is 2.24. The van der Waals surface area contributed by atoms with Crippen LogP contribution in [0.5, 0.6) is 0 Å². The van der Waals surface area contributed by atoms with Crippen molar-refractivity contribution in [1.29, 1.82) is 0 Å². The van der Waals surface area contributed by atoms with E-state index in [9.17, 15) is 0 Å². The summed E-state index contributed by atoms with van der Waals surface area (Å²) in [5.41, 5.74) is 2.13. The van der Waals surface area contributed by atoms with Crippen molar-refractivity contribution in [2.75, 3.05) is 13.1 Å². The molecule has 1 fully saturated rings. The summed E-state index contributed by atoms with van der Waals surface area (Å²) in [6, 6.07) is 0. The third kappa shape index (κ3) is 2.34. The highest BCUT2D eigenvalue weighted by atomic mass is 35.5. The number of nitrogens with zero attached hydrogens (tertiary/aromatic N) is 2. The molecule has 15 heavy (non-hydrogen) atoms. The van der Waals surface area contributed by atoms with E-state index in [-0.39, 0.29) is 0 Å². The number of aryl methyl sites for hydroxylation is 2. The number of aromatic nitrogens is 2. The molecule has 0 bridgehead atoms. The van der Waals surface area contributed by atoms with Crippen molar-refractivity contribution >= 4 is 11.6 Å². The molecule has 0 radical (unpaired) electrons. The predicted molar refractivity (Wildman–Crippen MR) is 62.3 cm³/mol. The van der Waals surface area contributed by atoms with Crippen LogP contribution in [0, 0.1) is 12.8 Å². The van der Waals surface area contributed by atoms with Crippen LogP contribution in [0.2, 0.25) is 5.02 Å². The Bertz CT molecular complexity index is 340. The lowest BCUT2D eigenvalue weighted by Crippen LogP contribution is -2.31. The highest BCUT2D eigenvalue weighted by molar-refractivity contribution is 6.31. The van der Waals surface area contributed by atoms with Crippen molar-refractivity contribution in [3.8, 4) is 0 Å². The van der Waals surface area contributed by atoms with Crippen LogP contribution in [0.3, 0.4) is 0 Å². The Morgan fingerprint density at radius 1 is 1.60 bits per heavy atom. The Morgan fingerprint density at radius 3 is 2.93 bits per heavy atom. The maximum Gasteiger partial charge on any atom is 0.0847 e. The Kier molecular flexibility index (Phi) is 3.32. The Balaban J connectivity index is 2.09. The topological polar surface area (TPSA) is 29.9 Å². The van der Waals surface area contributed by atoms with Crippen molar-refractivity contribution in [3.05, 3.63) is 16.4 Å². The lowest BCUT2D eigenvalue weighted by molar-refractivity contribution is 0.369. The number of hydrogen-bond donors (Lipinski definition) is 1. The van der Waals surface area contributed by atoms with Gasteiger partial charge in [0.2, 0.25) is 0 Å². The second-order valence-corrected chi connectivity index (χ2v) is 4.76. The molecule has 1 aromatic rings. The first-order chi connectivity index (χ1) is 7.18. The van der Waals surface area contributed by atoms with E-state index in [0.717, 1.165) is 30.2 Å². The summed E-state index contributed by atoms with van der Waals surface area (Å²) in [7, 11) is 1.98. The zero-order chi connectivity index (χ0) is 10.8. The molecule has 1 N–H and O–H groups in total. The van der Waals surface area contributed by atoms with Crippen LogP contribution in [0.25, 0.3) is 0 Å². The van der Waals surface area contributed by atoms with E-state index >= 15 is 0 Å². The average Bonchev–Trinajstić information content (AvgIpc) is 2.47. The monoisotopic (exact) mass is 227 g/mol. The maximum atomic E-state index is 6.23. The second kappa shape index (κ2) is 4.54. The summed E-state index contributed by atoms with van der Waals surface area (Å²) in [4.78, 5) is 0. The SMILES string of the molecule is Cc1nn(C)c(CC2CCCNC2)c1Cl. The molecule has 1 saturated heterocycles. The summed E-state index contributed by atoms with van der Waals surface area (Å²) in [6.45, 7) is 4.24. The van der Waals surface area contributed by atoms with E-state index < -0.39 is 0 Å². The van der Waals surface area contributed by atoms with Crippen LogP contribution < -0.4 is 5.32 Å². The van der Waals surface area contributed by atoms with Gasteiger partial charge in [0.25, 0.3) is 0 Å². The molecular formula is C11H18ClN3. The van der Waals surface area contributed by atoms with Gasteiger partial charge in [0, 0.05) is 7.05 Å². The minimum Gasteiger partial charge on any atom is -0.316 e. The Labute approximate surface area is 95.8 Å². The van der Waals surface area contributed by atoms with Gasteiger partial charge < -0.3 is 5.32 Å². The fourth-order valence-electron chi connectivity index (χ4n) is 2.27. The maximum absolute atomic E-state index is 6.23. The molecule has 1 aromatic heterocycles. The number of hydrogen-bond acceptors (Lipinski definition) is 2. The van der Waals surface area contributed by atoms with Gasteiger partial charge in [-0.05, 0) is 45.2 Å². The van der Waals surface area contributed by atoms with Gasteiger partial charge in [-0.15, -0.1) is 0 Å². The molecule has 0 aromatic carbocycles. The molecule has 0 saturated carbocycles. The second-order valence-electron chi connectivity index (χ2n) is 4.39. The molecule has 2 rings (SSSR count). The van der Waals surface area contributed by atoms with Gasteiger partial charge >= 0.3 is 0 Å².